The molecule has 1 atom stereocenters. The second-order valence-electron chi connectivity index (χ2n) is 4.11. The maximum atomic E-state index is 5.65. The average Bonchev–Trinajstić information content (AvgIpc) is 2.08. The molecule has 0 amide bonds. The van der Waals surface area contributed by atoms with Crippen molar-refractivity contribution >= 4 is 0 Å². The van der Waals surface area contributed by atoms with E-state index in [4.69, 9.17) is 4.74 Å². The first-order valence-electron chi connectivity index (χ1n) is 5.43. The summed E-state index contributed by atoms with van der Waals surface area (Å²) in [5.41, 5.74) is 0. The molecule has 0 aromatic carbocycles. The SMILES string of the molecule is CNCCC(C)OCCCC(C)C. The van der Waals surface area contributed by atoms with Gasteiger partial charge < -0.3 is 10.1 Å². The van der Waals surface area contributed by atoms with Crippen LogP contribution in [-0.4, -0.2) is 26.3 Å². The molecule has 0 saturated heterocycles. The normalized spacial score (nSPS) is 13.6. The van der Waals surface area contributed by atoms with Crippen LogP contribution in [0, 0.1) is 5.92 Å². The number of rotatable bonds is 8. The quantitative estimate of drug-likeness (QED) is 0.589. The van der Waals surface area contributed by atoms with Crippen LogP contribution in [0.5, 0.6) is 0 Å². The third kappa shape index (κ3) is 9.84. The zero-order valence-electron chi connectivity index (χ0n) is 9.60. The number of ether oxygens (including phenoxy) is 1. The fourth-order valence-corrected chi connectivity index (χ4v) is 1.21. The molecule has 0 radical (unpaired) electrons. The molecule has 80 valence electrons. The van der Waals surface area contributed by atoms with Gasteiger partial charge in [-0.3, -0.25) is 0 Å². The molecule has 13 heavy (non-hydrogen) atoms. The van der Waals surface area contributed by atoms with E-state index in [0.29, 0.717) is 6.10 Å². The number of nitrogens with one attached hydrogen (secondary N) is 1. The van der Waals surface area contributed by atoms with Crippen molar-refractivity contribution in [1.82, 2.24) is 5.32 Å². The Bertz CT molecular complexity index is 104. The van der Waals surface area contributed by atoms with Crippen LogP contribution in [0.25, 0.3) is 0 Å². The van der Waals surface area contributed by atoms with Gasteiger partial charge in [-0.25, -0.2) is 0 Å². The van der Waals surface area contributed by atoms with Crippen molar-refractivity contribution in [2.45, 2.75) is 46.1 Å². The van der Waals surface area contributed by atoms with Gasteiger partial charge in [-0.2, -0.15) is 0 Å². The van der Waals surface area contributed by atoms with Crippen LogP contribution in [0.3, 0.4) is 0 Å². The van der Waals surface area contributed by atoms with E-state index in [1.807, 2.05) is 7.05 Å². The van der Waals surface area contributed by atoms with E-state index in [9.17, 15) is 0 Å². The Hall–Kier alpha value is -0.0800. The molecule has 0 rings (SSSR count). The van der Waals surface area contributed by atoms with Crippen molar-refractivity contribution in [3.63, 3.8) is 0 Å². The van der Waals surface area contributed by atoms with Crippen LogP contribution >= 0.6 is 0 Å². The highest BCUT2D eigenvalue weighted by Gasteiger charge is 2.01. The second kappa shape index (κ2) is 8.52. The number of hydrogen-bond acceptors (Lipinski definition) is 2. The molecule has 1 N–H and O–H groups in total. The van der Waals surface area contributed by atoms with Crippen LogP contribution in [0.15, 0.2) is 0 Å². The third-order valence-corrected chi connectivity index (χ3v) is 2.13. The summed E-state index contributed by atoms with van der Waals surface area (Å²) in [4.78, 5) is 0. The standard InChI is InChI=1S/C11H25NO/c1-10(2)6-5-9-13-11(3)7-8-12-4/h10-12H,5-9H2,1-4H3. The molecule has 0 fully saturated rings. The summed E-state index contributed by atoms with van der Waals surface area (Å²) in [6, 6.07) is 0. The summed E-state index contributed by atoms with van der Waals surface area (Å²) in [5.74, 6) is 0.802. The van der Waals surface area contributed by atoms with Crippen molar-refractivity contribution in [1.29, 1.82) is 0 Å². The Morgan fingerprint density at radius 3 is 2.38 bits per heavy atom. The molecule has 0 aliphatic rings. The topological polar surface area (TPSA) is 21.3 Å². The minimum Gasteiger partial charge on any atom is -0.378 e. The van der Waals surface area contributed by atoms with Crippen LogP contribution in [0.2, 0.25) is 0 Å². The van der Waals surface area contributed by atoms with Crippen LogP contribution in [-0.2, 0) is 4.74 Å². The molecular weight excluding hydrogens is 162 g/mol. The fourth-order valence-electron chi connectivity index (χ4n) is 1.21. The molecule has 0 spiro atoms. The first-order valence-corrected chi connectivity index (χ1v) is 5.43. The molecule has 0 saturated carbocycles. The summed E-state index contributed by atoms with van der Waals surface area (Å²) in [6.07, 6.45) is 3.98. The van der Waals surface area contributed by atoms with Gasteiger partial charge in [0.2, 0.25) is 0 Å². The smallest absolute Gasteiger partial charge is 0.0559 e. The van der Waals surface area contributed by atoms with E-state index >= 15 is 0 Å². The van der Waals surface area contributed by atoms with E-state index < -0.39 is 0 Å². The summed E-state index contributed by atoms with van der Waals surface area (Å²) in [6.45, 7) is 8.62. The van der Waals surface area contributed by atoms with Crippen molar-refractivity contribution in [3.8, 4) is 0 Å². The van der Waals surface area contributed by atoms with E-state index in [-0.39, 0.29) is 0 Å². The Kier molecular flexibility index (Phi) is 8.46. The molecule has 1 unspecified atom stereocenters. The Morgan fingerprint density at radius 1 is 1.15 bits per heavy atom. The van der Waals surface area contributed by atoms with Gasteiger partial charge in [0.05, 0.1) is 6.10 Å². The summed E-state index contributed by atoms with van der Waals surface area (Å²) in [5, 5.41) is 3.13. The lowest BCUT2D eigenvalue weighted by Crippen LogP contribution is -2.17. The summed E-state index contributed by atoms with van der Waals surface area (Å²) >= 11 is 0. The monoisotopic (exact) mass is 187 g/mol. The predicted molar refractivity (Wildman–Crippen MR) is 58.0 cm³/mol. The average molecular weight is 187 g/mol. The van der Waals surface area contributed by atoms with Crippen LogP contribution < -0.4 is 5.32 Å². The fraction of sp³-hybridized carbons (Fsp3) is 1.00. The Balaban J connectivity index is 3.12. The van der Waals surface area contributed by atoms with Gasteiger partial charge in [-0.05, 0) is 45.7 Å². The maximum Gasteiger partial charge on any atom is 0.0559 e. The largest absolute Gasteiger partial charge is 0.378 e. The Morgan fingerprint density at radius 2 is 1.85 bits per heavy atom. The lowest BCUT2D eigenvalue weighted by atomic mass is 10.1. The second-order valence-corrected chi connectivity index (χ2v) is 4.11. The van der Waals surface area contributed by atoms with Gasteiger partial charge in [-0.15, -0.1) is 0 Å². The van der Waals surface area contributed by atoms with Crippen LogP contribution in [0.1, 0.15) is 40.0 Å². The Labute approximate surface area is 83.1 Å². The number of hydrogen-bond donors (Lipinski definition) is 1. The van der Waals surface area contributed by atoms with Crippen molar-refractivity contribution in [2.75, 3.05) is 20.2 Å². The van der Waals surface area contributed by atoms with Gasteiger partial charge in [-0.1, -0.05) is 13.8 Å². The first-order chi connectivity index (χ1) is 6.16. The van der Waals surface area contributed by atoms with E-state index in [0.717, 1.165) is 25.5 Å². The molecule has 0 aromatic heterocycles. The van der Waals surface area contributed by atoms with Crippen molar-refractivity contribution in [2.24, 2.45) is 5.92 Å². The third-order valence-electron chi connectivity index (χ3n) is 2.13. The molecule has 0 heterocycles. The molecule has 2 nitrogen and oxygen atoms in total. The zero-order valence-corrected chi connectivity index (χ0v) is 9.60. The summed E-state index contributed by atoms with van der Waals surface area (Å²) < 4.78 is 5.65. The molecular formula is C11H25NO. The maximum absolute atomic E-state index is 5.65. The molecule has 0 aromatic rings. The molecule has 0 aliphatic heterocycles. The predicted octanol–water partition coefficient (Wildman–Crippen LogP) is 2.44. The summed E-state index contributed by atoms with van der Waals surface area (Å²) in [7, 11) is 1.98. The van der Waals surface area contributed by atoms with Crippen LogP contribution in [0.4, 0.5) is 0 Å². The highest BCUT2D eigenvalue weighted by atomic mass is 16.5. The van der Waals surface area contributed by atoms with Gasteiger partial charge in [0.1, 0.15) is 0 Å². The van der Waals surface area contributed by atoms with Gasteiger partial charge in [0, 0.05) is 6.61 Å². The van der Waals surface area contributed by atoms with Gasteiger partial charge in [0.25, 0.3) is 0 Å². The minimum absolute atomic E-state index is 0.402. The lowest BCUT2D eigenvalue weighted by molar-refractivity contribution is 0.0568. The van der Waals surface area contributed by atoms with Gasteiger partial charge in [0.15, 0.2) is 0 Å². The van der Waals surface area contributed by atoms with Crippen molar-refractivity contribution in [3.05, 3.63) is 0 Å². The molecule has 0 aliphatic carbocycles. The van der Waals surface area contributed by atoms with E-state index in [2.05, 4.69) is 26.1 Å². The molecule has 0 bridgehead atoms. The highest BCUT2D eigenvalue weighted by molar-refractivity contribution is 4.52. The van der Waals surface area contributed by atoms with Crippen molar-refractivity contribution < 1.29 is 4.74 Å². The highest BCUT2D eigenvalue weighted by Crippen LogP contribution is 2.05. The first kappa shape index (κ1) is 12.9. The zero-order chi connectivity index (χ0) is 10.1. The van der Waals surface area contributed by atoms with Gasteiger partial charge >= 0.3 is 0 Å². The molecule has 2 heteroatoms. The van der Waals surface area contributed by atoms with E-state index in [1.54, 1.807) is 0 Å². The van der Waals surface area contributed by atoms with E-state index in [1.165, 1.54) is 12.8 Å². The lowest BCUT2D eigenvalue weighted by Gasteiger charge is -2.13. The minimum atomic E-state index is 0.402.